The lowest BCUT2D eigenvalue weighted by molar-refractivity contribution is 0.208. The summed E-state index contributed by atoms with van der Waals surface area (Å²) in [7, 11) is 0. The van der Waals surface area contributed by atoms with Crippen molar-refractivity contribution in [3.63, 3.8) is 0 Å². The predicted octanol–water partition coefficient (Wildman–Crippen LogP) is 13.4. The first-order chi connectivity index (χ1) is 22.1. The highest BCUT2D eigenvalue weighted by atomic mass is 16.3. The van der Waals surface area contributed by atoms with E-state index in [-0.39, 0.29) is 5.41 Å². The van der Waals surface area contributed by atoms with Crippen LogP contribution in [0.5, 0.6) is 11.5 Å². The molecule has 4 rings (SSSR count). The van der Waals surface area contributed by atoms with Crippen LogP contribution >= 0.6 is 0 Å². The van der Waals surface area contributed by atoms with Crippen LogP contribution in [0, 0.1) is 17.8 Å². The summed E-state index contributed by atoms with van der Waals surface area (Å²) in [5.41, 5.74) is 2.59. The molecule has 2 heteroatoms. The van der Waals surface area contributed by atoms with Crippen molar-refractivity contribution in [2.75, 3.05) is 0 Å². The number of benzene rings is 2. The third kappa shape index (κ3) is 12.3. The smallest absolute Gasteiger partial charge is 0.115 e. The Labute approximate surface area is 277 Å². The van der Waals surface area contributed by atoms with Gasteiger partial charge in [0.1, 0.15) is 11.5 Å². The monoisotopic (exact) mass is 617 g/mol. The molecule has 45 heavy (non-hydrogen) atoms. The fourth-order valence-electron chi connectivity index (χ4n) is 8.85. The Morgan fingerprint density at radius 2 is 0.778 bits per heavy atom. The van der Waals surface area contributed by atoms with Crippen molar-refractivity contribution in [3.8, 4) is 11.5 Å². The van der Waals surface area contributed by atoms with E-state index in [2.05, 4.69) is 31.2 Å². The fourth-order valence-corrected chi connectivity index (χ4v) is 8.85. The van der Waals surface area contributed by atoms with Crippen LogP contribution in [0.3, 0.4) is 0 Å². The summed E-state index contributed by atoms with van der Waals surface area (Å²) in [5.74, 6) is 3.47. The van der Waals surface area contributed by atoms with Crippen molar-refractivity contribution < 1.29 is 10.2 Å². The van der Waals surface area contributed by atoms with Crippen molar-refractivity contribution in [1.29, 1.82) is 0 Å². The van der Waals surface area contributed by atoms with E-state index in [0.717, 1.165) is 30.6 Å². The van der Waals surface area contributed by atoms with E-state index < -0.39 is 0 Å². The average molecular weight is 617 g/mol. The summed E-state index contributed by atoms with van der Waals surface area (Å²) < 4.78 is 0. The number of hydrogen-bond donors (Lipinski definition) is 2. The molecule has 0 spiro atoms. The molecule has 0 heterocycles. The standard InChI is InChI=1S/C43H68O2/c1-2-3-4-5-6-7-8-9-10-11-12-13-14-15-16-17-36-18-20-37(21-19-36)22-23-38-32-34-43(35-33-38,39-24-28-41(44)29-25-39)40-26-30-42(45)31-27-40/h24-31,36-38,44-45H,2-23,32-35H2,1H3/t36-,37-. The molecule has 0 radical (unpaired) electrons. The van der Waals surface area contributed by atoms with Crippen molar-refractivity contribution in [1.82, 2.24) is 0 Å². The van der Waals surface area contributed by atoms with E-state index in [1.54, 1.807) is 0 Å². The number of phenols is 2. The molecule has 0 unspecified atom stereocenters. The van der Waals surface area contributed by atoms with E-state index in [0.29, 0.717) is 11.5 Å². The Balaban J connectivity index is 1.03. The minimum Gasteiger partial charge on any atom is -0.508 e. The van der Waals surface area contributed by atoms with E-state index in [4.69, 9.17) is 0 Å². The number of phenolic OH excluding ortho intramolecular Hbond substituents is 2. The van der Waals surface area contributed by atoms with Crippen molar-refractivity contribution in [2.45, 2.75) is 179 Å². The zero-order chi connectivity index (χ0) is 31.6. The van der Waals surface area contributed by atoms with Gasteiger partial charge in [-0.25, -0.2) is 0 Å². The fraction of sp³-hybridized carbons (Fsp3) is 0.721. The van der Waals surface area contributed by atoms with Gasteiger partial charge in [-0.1, -0.05) is 172 Å². The summed E-state index contributed by atoms with van der Waals surface area (Å²) in [6.07, 6.45) is 37.0. The lowest BCUT2D eigenvalue weighted by Crippen LogP contribution is -2.33. The van der Waals surface area contributed by atoms with Crippen LogP contribution in [0.25, 0.3) is 0 Å². The molecule has 252 valence electrons. The molecule has 2 fully saturated rings. The number of unbranched alkanes of at least 4 members (excludes halogenated alkanes) is 14. The van der Waals surface area contributed by atoms with Gasteiger partial charge in [0.05, 0.1) is 0 Å². The maximum atomic E-state index is 9.90. The van der Waals surface area contributed by atoms with Crippen LogP contribution < -0.4 is 0 Å². The van der Waals surface area contributed by atoms with Gasteiger partial charge in [0, 0.05) is 5.41 Å². The van der Waals surface area contributed by atoms with Crippen LogP contribution in [0.4, 0.5) is 0 Å². The molecule has 0 aromatic heterocycles. The average Bonchev–Trinajstić information content (AvgIpc) is 3.07. The summed E-state index contributed by atoms with van der Waals surface area (Å²) in [6, 6.07) is 15.8. The van der Waals surface area contributed by atoms with Gasteiger partial charge < -0.3 is 10.2 Å². The largest absolute Gasteiger partial charge is 0.508 e. The second-order valence-electron chi connectivity index (χ2n) is 15.3. The van der Waals surface area contributed by atoms with Gasteiger partial charge in [-0.3, -0.25) is 0 Å². The molecule has 2 aliphatic rings. The topological polar surface area (TPSA) is 40.5 Å². The highest BCUT2D eigenvalue weighted by molar-refractivity contribution is 5.43. The predicted molar refractivity (Wildman–Crippen MR) is 193 cm³/mol. The molecule has 0 bridgehead atoms. The van der Waals surface area contributed by atoms with Crippen molar-refractivity contribution in [3.05, 3.63) is 59.7 Å². The molecular formula is C43H68O2. The minimum atomic E-state index is -0.0110. The van der Waals surface area contributed by atoms with Gasteiger partial charge in [0.15, 0.2) is 0 Å². The maximum Gasteiger partial charge on any atom is 0.115 e. The molecular weight excluding hydrogens is 548 g/mol. The molecule has 0 saturated heterocycles. The molecule has 2 nitrogen and oxygen atoms in total. The van der Waals surface area contributed by atoms with Gasteiger partial charge in [-0.15, -0.1) is 0 Å². The first-order valence-electron chi connectivity index (χ1n) is 19.7. The molecule has 2 aromatic carbocycles. The van der Waals surface area contributed by atoms with Gasteiger partial charge >= 0.3 is 0 Å². The normalized spacial score (nSPS) is 20.4. The van der Waals surface area contributed by atoms with Crippen molar-refractivity contribution >= 4 is 0 Å². The SMILES string of the molecule is CCCCCCCCCCCCCCCCC[C@H]1CC[C@H](CCC2CCC(c3ccc(O)cc3)(c3ccc(O)cc3)CC2)CC1. The zero-order valence-corrected chi connectivity index (χ0v) is 29.1. The van der Waals surface area contributed by atoms with Gasteiger partial charge in [-0.05, 0) is 78.8 Å². The highest BCUT2D eigenvalue weighted by Gasteiger charge is 2.38. The maximum absolute atomic E-state index is 9.90. The van der Waals surface area contributed by atoms with E-state index in [1.807, 2.05) is 24.3 Å². The third-order valence-corrected chi connectivity index (χ3v) is 12.0. The summed E-state index contributed by atoms with van der Waals surface area (Å²) >= 11 is 0. The van der Waals surface area contributed by atoms with Crippen LogP contribution in [0.2, 0.25) is 0 Å². The van der Waals surface area contributed by atoms with Gasteiger partial charge in [0.2, 0.25) is 0 Å². The minimum absolute atomic E-state index is 0.0110. The van der Waals surface area contributed by atoms with Gasteiger partial charge in [-0.2, -0.15) is 0 Å². The Kier molecular flexibility index (Phi) is 16.2. The quantitative estimate of drug-likeness (QED) is 0.137. The molecule has 0 aliphatic heterocycles. The summed E-state index contributed by atoms with van der Waals surface area (Å²) in [5, 5.41) is 19.8. The second-order valence-corrected chi connectivity index (χ2v) is 15.3. The number of hydrogen-bond acceptors (Lipinski definition) is 2. The van der Waals surface area contributed by atoms with E-state index in [9.17, 15) is 10.2 Å². The van der Waals surface area contributed by atoms with E-state index in [1.165, 1.54) is 165 Å². The molecule has 2 aliphatic carbocycles. The Hall–Kier alpha value is -1.96. The lowest BCUT2D eigenvalue weighted by Gasteiger charge is -2.42. The van der Waals surface area contributed by atoms with Crippen molar-refractivity contribution in [2.24, 2.45) is 17.8 Å². The zero-order valence-electron chi connectivity index (χ0n) is 29.1. The number of aromatic hydroxyl groups is 2. The van der Waals surface area contributed by atoms with Crippen LogP contribution in [-0.4, -0.2) is 10.2 Å². The van der Waals surface area contributed by atoms with Crippen LogP contribution in [-0.2, 0) is 5.41 Å². The lowest BCUT2D eigenvalue weighted by atomic mass is 9.62. The Bertz CT molecular complexity index is 961. The highest BCUT2D eigenvalue weighted by Crippen LogP contribution is 2.48. The Morgan fingerprint density at radius 3 is 1.18 bits per heavy atom. The summed E-state index contributed by atoms with van der Waals surface area (Å²) in [6.45, 7) is 2.30. The second kappa shape index (κ2) is 20.3. The molecule has 2 saturated carbocycles. The molecule has 0 amide bonds. The first-order valence-corrected chi connectivity index (χ1v) is 19.7. The first kappa shape index (κ1) is 35.9. The van der Waals surface area contributed by atoms with Crippen LogP contribution in [0.15, 0.2) is 48.5 Å². The molecule has 0 atom stereocenters. The summed E-state index contributed by atoms with van der Waals surface area (Å²) in [4.78, 5) is 0. The molecule has 2 aromatic rings. The molecule has 2 N–H and O–H groups in total. The third-order valence-electron chi connectivity index (χ3n) is 12.0. The van der Waals surface area contributed by atoms with E-state index >= 15 is 0 Å². The van der Waals surface area contributed by atoms with Gasteiger partial charge in [0.25, 0.3) is 0 Å². The van der Waals surface area contributed by atoms with Crippen LogP contribution in [0.1, 0.15) is 185 Å². The Morgan fingerprint density at radius 1 is 0.444 bits per heavy atom. The number of rotatable bonds is 21.